The summed E-state index contributed by atoms with van der Waals surface area (Å²) in [6.45, 7) is 2.52. The van der Waals surface area contributed by atoms with Crippen molar-refractivity contribution >= 4 is 33.2 Å². The molecule has 0 saturated carbocycles. The second-order valence-electron chi connectivity index (χ2n) is 3.92. The van der Waals surface area contributed by atoms with Crippen molar-refractivity contribution in [3.05, 3.63) is 34.0 Å². The minimum Gasteiger partial charge on any atom is -0.476 e. The SMILES string of the molecule is CCCOc1ncnc(Oc2ccc(Br)cc2Cl)c1N. The van der Waals surface area contributed by atoms with E-state index in [1.165, 1.54) is 6.33 Å². The Labute approximate surface area is 130 Å². The Morgan fingerprint density at radius 1 is 1.30 bits per heavy atom. The van der Waals surface area contributed by atoms with E-state index in [1.54, 1.807) is 12.1 Å². The van der Waals surface area contributed by atoms with Crippen LogP contribution >= 0.6 is 27.5 Å². The van der Waals surface area contributed by atoms with E-state index in [1.807, 2.05) is 13.0 Å². The molecule has 0 spiro atoms. The lowest BCUT2D eigenvalue weighted by atomic mass is 10.3. The topological polar surface area (TPSA) is 70.3 Å². The van der Waals surface area contributed by atoms with Crippen LogP contribution in [0, 0.1) is 0 Å². The fourth-order valence-corrected chi connectivity index (χ4v) is 2.13. The highest BCUT2D eigenvalue weighted by Gasteiger charge is 2.13. The highest BCUT2D eigenvalue weighted by molar-refractivity contribution is 9.10. The molecule has 0 fully saturated rings. The van der Waals surface area contributed by atoms with Gasteiger partial charge in [-0.25, -0.2) is 0 Å². The standard InChI is InChI=1S/C13H13BrClN3O2/c1-2-5-19-12-11(16)13(18-7-17-12)20-10-4-3-8(14)6-9(10)15/h3-4,6-7H,2,5,16H2,1H3. The van der Waals surface area contributed by atoms with Crippen molar-refractivity contribution in [1.82, 2.24) is 9.97 Å². The van der Waals surface area contributed by atoms with Gasteiger partial charge in [-0.2, -0.15) is 9.97 Å². The zero-order valence-electron chi connectivity index (χ0n) is 10.8. The molecule has 0 aliphatic heterocycles. The van der Waals surface area contributed by atoms with Gasteiger partial charge in [0.2, 0.25) is 11.8 Å². The zero-order valence-corrected chi connectivity index (χ0v) is 13.1. The lowest BCUT2D eigenvalue weighted by Gasteiger charge is -2.11. The number of nitrogens with zero attached hydrogens (tertiary/aromatic N) is 2. The molecule has 0 unspecified atom stereocenters. The van der Waals surface area contributed by atoms with Crippen molar-refractivity contribution in [2.75, 3.05) is 12.3 Å². The minimum absolute atomic E-state index is 0.218. The number of halogens is 2. The zero-order chi connectivity index (χ0) is 14.5. The fourth-order valence-electron chi connectivity index (χ4n) is 1.42. The van der Waals surface area contributed by atoms with Gasteiger partial charge in [0.25, 0.3) is 0 Å². The summed E-state index contributed by atoms with van der Waals surface area (Å²) in [5.41, 5.74) is 6.17. The number of hydrogen-bond donors (Lipinski definition) is 1. The molecule has 0 bridgehead atoms. The summed E-state index contributed by atoms with van der Waals surface area (Å²) in [4.78, 5) is 7.97. The lowest BCUT2D eigenvalue weighted by molar-refractivity contribution is 0.304. The van der Waals surface area contributed by atoms with Crippen LogP contribution in [0.25, 0.3) is 0 Å². The Kier molecular flexibility index (Phi) is 5.03. The normalized spacial score (nSPS) is 10.3. The second-order valence-corrected chi connectivity index (χ2v) is 5.25. The number of benzene rings is 1. The number of anilines is 1. The van der Waals surface area contributed by atoms with Crippen molar-refractivity contribution in [2.24, 2.45) is 0 Å². The Morgan fingerprint density at radius 3 is 2.75 bits per heavy atom. The molecular formula is C13H13BrClN3O2. The van der Waals surface area contributed by atoms with Crippen molar-refractivity contribution in [3.8, 4) is 17.5 Å². The van der Waals surface area contributed by atoms with Gasteiger partial charge in [-0.15, -0.1) is 0 Å². The van der Waals surface area contributed by atoms with E-state index < -0.39 is 0 Å². The summed E-state index contributed by atoms with van der Waals surface area (Å²) in [6, 6.07) is 5.26. The molecule has 2 N–H and O–H groups in total. The highest BCUT2D eigenvalue weighted by Crippen LogP contribution is 2.35. The largest absolute Gasteiger partial charge is 0.476 e. The summed E-state index contributed by atoms with van der Waals surface area (Å²) >= 11 is 9.41. The van der Waals surface area contributed by atoms with E-state index in [4.69, 9.17) is 26.8 Å². The third-order valence-corrected chi connectivity index (χ3v) is 3.14. The average molecular weight is 359 g/mol. The van der Waals surface area contributed by atoms with E-state index in [-0.39, 0.29) is 11.6 Å². The Bertz CT molecular complexity index is 610. The molecule has 2 rings (SSSR count). The van der Waals surface area contributed by atoms with Gasteiger partial charge < -0.3 is 15.2 Å². The van der Waals surface area contributed by atoms with E-state index in [2.05, 4.69) is 25.9 Å². The predicted octanol–water partition coefficient (Wildman–Crippen LogP) is 4.06. The van der Waals surface area contributed by atoms with Crippen LogP contribution in [0.5, 0.6) is 17.5 Å². The molecule has 106 valence electrons. The molecule has 0 radical (unpaired) electrons. The van der Waals surface area contributed by atoms with Crippen LogP contribution in [-0.2, 0) is 0 Å². The van der Waals surface area contributed by atoms with E-state index in [9.17, 15) is 0 Å². The second kappa shape index (κ2) is 6.76. The first-order chi connectivity index (χ1) is 9.61. The molecule has 5 nitrogen and oxygen atoms in total. The lowest BCUT2D eigenvalue weighted by Crippen LogP contribution is -2.04. The van der Waals surface area contributed by atoms with Gasteiger partial charge in [-0.05, 0) is 24.6 Å². The van der Waals surface area contributed by atoms with Crippen LogP contribution in [-0.4, -0.2) is 16.6 Å². The smallest absolute Gasteiger partial charge is 0.249 e. The van der Waals surface area contributed by atoms with Crippen LogP contribution in [0.15, 0.2) is 29.0 Å². The van der Waals surface area contributed by atoms with Gasteiger partial charge in [0.05, 0.1) is 11.6 Å². The van der Waals surface area contributed by atoms with Crippen LogP contribution in [0.4, 0.5) is 5.69 Å². The molecule has 1 aromatic heterocycles. The van der Waals surface area contributed by atoms with Crippen LogP contribution in [0.1, 0.15) is 13.3 Å². The molecular weight excluding hydrogens is 346 g/mol. The summed E-state index contributed by atoms with van der Waals surface area (Å²) in [5, 5.41) is 0.452. The third kappa shape index (κ3) is 3.52. The van der Waals surface area contributed by atoms with Crippen molar-refractivity contribution in [1.29, 1.82) is 0 Å². The van der Waals surface area contributed by atoms with E-state index >= 15 is 0 Å². The van der Waals surface area contributed by atoms with Gasteiger partial charge in [0.15, 0.2) is 5.69 Å². The summed E-state index contributed by atoms with van der Waals surface area (Å²) in [7, 11) is 0. The number of ether oxygens (including phenoxy) is 2. The number of hydrogen-bond acceptors (Lipinski definition) is 5. The summed E-state index contributed by atoms with van der Waals surface area (Å²) in [6.07, 6.45) is 2.20. The maximum absolute atomic E-state index is 6.08. The predicted molar refractivity (Wildman–Crippen MR) is 81.5 cm³/mol. The van der Waals surface area contributed by atoms with Gasteiger partial charge in [0, 0.05) is 4.47 Å². The van der Waals surface area contributed by atoms with Gasteiger partial charge in [0.1, 0.15) is 12.1 Å². The van der Waals surface area contributed by atoms with Crippen LogP contribution in [0.2, 0.25) is 5.02 Å². The van der Waals surface area contributed by atoms with Crippen molar-refractivity contribution in [3.63, 3.8) is 0 Å². The van der Waals surface area contributed by atoms with Gasteiger partial charge in [-0.3, -0.25) is 0 Å². The first-order valence-corrected chi connectivity index (χ1v) is 7.15. The fraction of sp³-hybridized carbons (Fsp3) is 0.231. The van der Waals surface area contributed by atoms with Crippen molar-refractivity contribution < 1.29 is 9.47 Å². The van der Waals surface area contributed by atoms with Crippen molar-refractivity contribution in [2.45, 2.75) is 13.3 Å². The molecule has 1 heterocycles. The van der Waals surface area contributed by atoms with E-state index in [0.717, 1.165) is 10.9 Å². The maximum atomic E-state index is 6.08. The Balaban J connectivity index is 2.24. The van der Waals surface area contributed by atoms with Gasteiger partial charge in [-0.1, -0.05) is 34.5 Å². The molecule has 0 aliphatic carbocycles. The molecule has 0 atom stereocenters. The monoisotopic (exact) mass is 357 g/mol. The van der Waals surface area contributed by atoms with Crippen LogP contribution in [0.3, 0.4) is 0 Å². The number of aromatic nitrogens is 2. The minimum atomic E-state index is 0.218. The maximum Gasteiger partial charge on any atom is 0.249 e. The van der Waals surface area contributed by atoms with Gasteiger partial charge >= 0.3 is 0 Å². The number of rotatable bonds is 5. The molecule has 0 amide bonds. The molecule has 1 aromatic carbocycles. The number of nitrogen functional groups attached to an aromatic ring is 1. The highest BCUT2D eigenvalue weighted by atomic mass is 79.9. The average Bonchev–Trinajstić information content (AvgIpc) is 2.42. The molecule has 20 heavy (non-hydrogen) atoms. The molecule has 0 saturated heterocycles. The first kappa shape index (κ1) is 14.9. The Morgan fingerprint density at radius 2 is 2.05 bits per heavy atom. The third-order valence-electron chi connectivity index (χ3n) is 2.35. The number of nitrogens with two attached hydrogens (primary N) is 1. The van der Waals surface area contributed by atoms with E-state index in [0.29, 0.717) is 23.3 Å². The Hall–Kier alpha value is -1.53. The molecule has 7 heteroatoms. The first-order valence-electron chi connectivity index (χ1n) is 5.98. The summed E-state index contributed by atoms with van der Waals surface area (Å²) in [5.74, 6) is 0.988. The quantitative estimate of drug-likeness (QED) is 0.873. The summed E-state index contributed by atoms with van der Waals surface area (Å²) < 4.78 is 11.9. The van der Waals surface area contributed by atoms with Crippen LogP contribution < -0.4 is 15.2 Å². The molecule has 2 aromatic rings. The molecule has 0 aliphatic rings.